The van der Waals surface area contributed by atoms with Crippen molar-refractivity contribution in [2.45, 2.75) is 19.9 Å². The number of hydrogen-bond donors (Lipinski definition) is 1. The van der Waals surface area contributed by atoms with Crippen LogP contribution in [-0.2, 0) is 0 Å². The Bertz CT molecular complexity index is 652. The van der Waals surface area contributed by atoms with Crippen LogP contribution in [0.4, 0.5) is 0 Å². The predicted molar refractivity (Wildman–Crippen MR) is 85.7 cm³/mol. The number of nitrogens with one attached hydrogen (secondary N) is 1. The topological polar surface area (TPSA) is 45.2 Å². The van der Waals surface area contributed by atoms with Gasteiger partial charge in [-0.05, 0) is 26.0 Å². The maximum absolute atomic E-state index is 12.7. The normalized spacial score (nSPS) is 18.8. The van der Waals surface area contributed by atoms with E-state index in [2.05, 4.69) is 17.2 Å². The van der Waals surface area contributed by atoms with Crippen molar-refractivity contribution < 1.29 is 4.79 Å². The van der Waals surface area contributed by atoms with Gasteiger partial charge in [0.15, 0.2) is 0 Å². The van der Waals surface area contributed by atoms with Gasteiger partial charge < -0.3 is 10.2 Å². The van der Waals surface area contributed by atoms with Crippen molar-refractivity contribution in [3.05, 3.63) is 40.9 Å². The van der Waals surface area contributed by atoms with Gasteiger partial charge in [0.1, 0.15) is 5.01 Å². The molecule has 1 atom stereocenters. The van der Waals surface area contributed by atoms with Crippen LogP contribution in [0.15, 0.2) is 29.6 Å². The average Bonchev–Trinajstić information content (AvgIpc) is 2.94. The Labute approximate surface area is 128 Å². The number of piperazine rings is 1. The molecular weight excluding hydrogens is 282 g/mol. The lowest BCUT2D eigenvalue weighted by Crippen LogP contribution is -2.52. The molecule has 1 saturated heterocycles. The number of hydrogen-bond acceptors (Lipinski definition) is 4. The summed E-state index contributed by atoms with van der Waals surface area (Å²) in [7, 11) is 0. The second-order valence-electron chi connectivity index (χ2n) is 5.43. The van der Waals surface area contributed by atoms with Crippen molar-refractivity contribution in [3.63, 3.8) is 0 Å². The van der Waals surface area contributed by atoms with Crippen molar-refractivity contribution in [1.29, 1.82) is 0 Å². The summed E-state index contributed by atoms with van der Waals surface area (Å²) in [5, 5.41) is 6.31. The molecule has 0 saturated carbocycles. The highest BCUT2D eigenvalue weighted by Gasteiger charge is 2.24. The van der Waals surface area contributed by atoms with E-state index in [1.807, 2.05) is 41.5 Å². The van der Waals surface area contributed by atoms with Crippen molar-refractivity contribution in [2.75, 3.05) is 19.6 Å². The molecule has 1 N–H and O–H groups in total. The summed E-state index contributed by atoms with van der Waals surface area (Å²) in [4.78, 5) is 19.1. The molecule has 0 aliphatic carbocycles. The second kappa shape index (κ2) is 5.95. The fourth-order valence-electron chi connectivity index (χ4n) is 2.58. The number of carbonyl (C=O) groups is 1. The van der Waals surface area contributed by atoms with Crippen LogP contribution >= 0.6 is 11.3 Å². The van der Waals surface area contributed by atoms with E-state index in [0.29, 0.717) is 0 Å². The van der Waals surface area contributed by atoms with E-state index >= 15 is 0 Å². The van der Waals surface area contributed by atoms with Gasteiger partial charge in [-0.2, -0.15) is 0 Å². The highest BCUT2D eigenvalue weighted by atomic mass is 32.1. The van der Waals surface area contributed by atoms with Gasteiger partial charge in [0.05, 0.1) is 0 Å². The van der Waals surface area contributed by atoms with E-state index in [9.17, 15) is 4.79 Å². The first kappa shape index (κ1) is 14.2. The number of nitrogens with zero attached hydrogens (tertiary/aromatic N) is 2. The Hall–Kier alpha value is -1.72. The van der Waals surface area contributed by atoms with Gasteiger partial charge >= 0.3 is 0 Å². The van der Waals surface area contributed by atoms with Crippen LogP contribution in [0.2, 0.25) is 0 Å². The lowest BCUT2D eigenvalue weighted by Gasteiger charge is -2.34. The molecule has 5 heteroatoms. The zero-order valence-electron chi connectivity index (χ0n) is 12.3. The number of benzene rings is 1. The van der Waals surface area contributed by atoms with Gasteiger partial charge in [0.2, 0.25) is 0 Å². The molecular formula is C16H19N3OS. The molecule has 1 aromatic carbocycles. The third kappa shape index (κ3) is 2.99. The van der Waals surface area contributed by atoms with E-state index in [1.165, 1.54) is 0 Å². The Morgan fingerprint density at radius 3 is 3.05 bits per heavy atom. The maximum Gasteiger partial charge on any atom is 0.254 e. The minimum Gasteiger partial charge on any atom is -0.333 e. The molecule has 2 aromatic rings. The van der Waals surface area contributed by atoms with Crippen LogP contribution < -0.4 is 5.32 Å². The van der Waals surface area contributed by atoms with Gasteiger partial charge in [-0.1, -0.05) is 12.1 Å². The number of rotatable bonds is 2. The summed E-state index contributed by atoms with van der Waals surface area (Å²) in [5.74, 6) is 0.110. The van der Waals surface area contributed by atoms with Crippen LogP contribution in [0.5, 0.6) is 0 Å². The smallest absolute Gasteiger partial charge is 0.254 e. The van der Waals surface area contributed by atoms with Crippen LogP contribution in [0.25, 0.3) is 10.6 Å². The number of aromatic nitrogens is 1. The highest BCUT2D eigenvalue weighted by Crippen LogP contribution is 2.25. The minimum absolute atomic E-state index is 0.110. The minimum atomic E-state index is 0.110. The molecule has 0 bridgehead atoms. The van der Waals surface area contributed by atoms with Gasteiger partial charge in [-0.25, -0.2) is 4.98 Å². The molecule has 1 amide bonds. The fourth-order valence-corrected chi connectivity index (χ4v) is 3.38. The SMILES string of the molecule is Cc1csc(-c2cccc(C(=O)N3CCNCC3C)c2)n1. The van der Waals surface area contributed by atoms with Crippen LogP contribution in [0.1, 0.15) is 23.0 Å². The third-order valence-electron chi connectivity index (χ3n) is 3.74. The number of carbonyl (C=O) groups excluding carboxylic acids is 1. The van der Waals surface area contributed by atoms with Crippen molar-refractivity contribution in [1.82, 2.24) is 15.2 Å². The average molecular weight is 301 g/mol. The Kier molecular flexibility index (Phi) is 4.03. The predicted octanol–water partition coefficient (Wildman–Crippen LogP) is 2.55. The lowest BCUT2D eigenvalue weighted by atomic mass is 10.1. The molecule has 0 spiro atoms. The van der Waals surface area contributed by atoms with Gasteiger partial charge in [-0.3, -0.25) is 4.79 Å². The van der Waals surface area contributed by atoms with Gasteiger partial charge in [0, 0.05) is 47.9 Å². The first-order valence-corrected chi connectivity index (χ1v) is 8.07. The summed E-state index contributed by atoms with van der Waals surface area (Å²) < 4.78 is 0. The summed E-state index contributed by atoms with van der Waals surface area (Å²) >= 11 is 1.61. The quantitative estimate of drug-likeness (QED) is 0.927. The number of amides is 1. The Balaban J connectivity index is 1.87. The summed E-state index contributed by atoms with van der Waals surface area (Å²) in [5.41, 5.74) is 2.78. The van der Waals surface area contributed by atoms with Gasteiger partial charge in [0.25, 0.3) is 5.91 Å². The molecule has 1 aromatic heterocycles. The second-order valence-corrected chi connectivity index (χ2v) is 6.28. The summed E-state index contributed by atoms with van der Waals surface area (Å²) in [6, 6.07) is 8.02. The first-order valence-electron chi connectivity index (χ1n) is 7.19. The zero-order valence-corrected chi connectivity index (χ0v) is 13.1. The Morgan fingerprint density at radius 1 is 1.48 bits per heavy atom. The first-order chi connectivity index (χ1) is 10.1. The van der Waals surface area contributed by atoms with E-state index in [1.54, 1.807) is 11.3 Å². The van der Waals surface area contributed by atoms with Crippen LogP contribution in [0.3, 0.4) is 0 Å². The number of aryl methyl sites for hydroxylation is 1. The van der Waals surface area contributed by atoms with Crippen molar-refractivity contribution >= 4 is 17.2 Å². The molecule has 3 rings (SSSR count). The molecule has 1 fully saturated rings. The van der Waals surface area contributed by atoms with Crippen LogP contribution in [0, 0.1) is 6.92 Å². The highest BCUT2D eigenvalue weighted by molar-refractivity contribution is 7.13. The van der Waals surface area contributed by atoms with E-state index < -0.39 is 0 Å². The molecule has 2 heterocycles. The van der Waals surface area contributed by atoms with E-state index in [4.69, 9.17) is 0 Å². The standard InChI is InChI=1S/C16H19N3OS/c1-11-10-21-15(18-11)13-4-3-5-14(8-13)16(20)19-7-6-17-9-12(19)2/h3-5,8,10,12,17H,6-7,9H2,1-2H3. The summed E-state index contributed by atoms with van der Waals surface area (Å²) in [6.07, 6.45) is 0. The van der Waals surface area contributed by atoms with E-state index in [-0.39, 0.29) is 11.9 Å². The molecule has 1 unspecified atom stereocenters. The Morgan fingerprint density at radius 2 is 2.33 bits per heavy atom. The van der Waals surface area contributed by atoms with Crippen LogP contribution in [-0.4, -0.2) is 41.5 Å². The monoisotopic (exact) mass is 301 g/mol. The van der Waals surface area contributed by atoms with Crippen molar-refractivity contribution in [2.24, 2.45) is 0 Å². The van der Waals surface area contributed by atoms with E-state index in [0.717, 1.165) is 41.5 Å². The largest absolute Gasteiger partial charge is 0.333 e. The maximum atomic E-state index is 12.7. The number of thiazole rings is 1. The summed E-state index contributed by atoms with van der Waals surface area (Å²) in [6.45, 7) is 6.55. The molecule has 1 aliphatic heterocycles. The molecule has 21 heavy (non-hydrogen) atoms. The molecule has 4 nitrogen and oxygen atoms in total. The third-order valence-corrected chi connectivity index (χ3v) is 4.75. The van der Waals surface area contributed by atoms with Crippen molar-refractivity contribution in [3.8, 4) is 10.6 Å². The lowest BCUT2D eigenvalue weighted by molar-refractivity contribution is 0.0656. The molecule has 0 radical (unpaired) electrons. The molecule has 110 valence electrons. The molecule has 1 aliphatic rings. The zero-order chi connectivity index (χ0) is 14.8. The fraction of sp³-hybridized carbons (Fsp3) is 0.375. The van der Waals surface area contributed by atoms with Gasteiger partial charge in [-0.15, -0.1) is 11.3 Å².